The van der Waals surface area contributed by atoms with Crippen LogP contribution in [-0.2, 0) is 13.1 Å². The maximum Gasteiger partial charge on any atom is 0.123 e. The lowest BCUT2D eigenvalue weighted by atomic mass is 10.2. The fourth-order valence-corrected chi connectivity index (χ4v) is 2.41. The van der Waals surface area contributed by atoms with E-state index in [1.807, 2.05) is 47.3 Å². The van der Waals surface area contributed by atoms with Crippen LogP contribution in [0.3, 0.4) is 0 Å². The normalized spacial score (nSPS) is 10.9. The first-order valence-electron chi connectivity index (χ1n) is 7.20. The van der Waals surface area contributed by atoms with Crippen LogP contribution in [0.5, 0.6) is 5.75 Å². The summed E-state index contributed by atoms with van der Waals surface area (Å²) in [5.41, 5.74) is 7.91. The largest absolute Gasteiger partial charge is 0.493 e. The number of fused-ring (bicyclic) bond motifs is 1. The maximum atomic E-state index is 5.82. The molecular formula is C17H19N3O. The minimum Gasteiger partial charge on any atom is -0.493 e. The molecule has 0 saturated carbocycles. The van der Waals surface area contributed by atoms with E-state index in [0.29, 0.717) is 13.2 Å². The molecule has 0 fully saturated rings. The van der Waals surface area contributed by atoms with Gasteiger partial charge < -0.3 is 10.5 Å². The summed E-state index contributed by atoms with van der Waals surface area (Å²) in [7, 11) is 0. The van der Waals surface area contributed by atoms with E-state index in [2.05, 4.69) is 17.2 Å². The monoisotopic (exact) mass is 281 g/mol. The van der Waals surface area contributed by atoms with Gasteiger partial charge in [0.1, 0.15) is 5.75 Å². The van der Waals surface area contributed by atoms with Gasteiger partial charge in [-0.1, -0.05) is 36.4 Å². The summed E-state index contributed by atoms with van der Waals surface area (Å²) in [4.78, 5) is 0. The van der Waals surface area contributed by atoms with Crippen molar-refractivity contribution in [3.05, 3.63) is 60.3 Å². The number of rotatable bonds is 6. The van der Waals surface area contributed by atoms with Gasteiger partial charge in [-0.15, -0.1) is 0 Å². The minimum atomic E-state index is 0.500. The van der Waals surface area contributed by atoms with E-state index in [-0.39, 0.29) is 0 Å². The molecule has 21 heavy (non-hydrogen) atoms. The first-order chi connectivity index (χ1) is 10.4. The van der Waals surface area contributed by atoms with Gasteiger partial charge in [0.25, 0.3) is 0 Å². The summed E-state index contributed by atoms with van der Waals surface area (Å²) in [5, 5.41) is 5.59. The number of nitrogens with zero attached hydrogens (tertiary/aromatic N) is 2. The molecule has 1 heterocycles. The molecule has 0 atom stereocenters. The Balaban J connectivity index is 1.57. The van der Waals surface area contributed by atoms with Crippen molar-refractivity contribution in [1.82, 2.24) is 9.78 Å². The van der Waals surface area contributed by atoms with Crippen LogP contribution in [-0.4, -0.2) is 16.4 Å². The molecule has 2 N–H and O–H groups in total. The van der Waals surface area contributed by atoms with Gasteiger partial charge in [0.15, 0.2) is 0 Å². The lowest BCUT2D eigenvalue weighted by molar-refractivity contribution is 0.297. The highest BCUT2D eigenvalue weighted by molar-refractivity contribution is 5.78. The standard InChI is InChI=1S/C17H19N3O/c18-12-14-6-2-4-9-17(14)21-11-5-10-20-16-8-3-1-7-15(16)13-19-20/h1-4,6-9,13H,5,10-12,18H2. The van der Waals surface area contributed by atoms with Gasteiger partial charge in [-0.25, -0.2) is 0 Å². The Morgan fingerprint density at radius 1 is 1.05 bits per heavy atom. The zero-order valence-electron chi connectivity index (χ0n) is 11.9. The zero-order valence-corrected chi connectivity index (χ0v) is 11.9. The van der Waals surface area contributed by atoms with Crippen molar-refractivity contribution < 1.29 is 4.74 Å². The fraction of sp³-hybridized carbons (Fsp3) is 0.235. The molecular weight excluding hydrogens is 262 g/mol. The molecule has 108 valence electrons. The number of hydrogen-bond donors (Lipinski definition) is 1. The number of hydrogen-bond acceptors (Lipinski definition) is 3. The van der Waals surface area contributed by atoms with Crippen molar-refractivity contribution in [3.63, 3.8) is 0 Å². The van der Waals surface area contributed by atoms with Crippen LogP contribution in [0.25, 0.3) is 10.9 Å². The van der Waals surface area contributed by atoms with Crippen LogP contribution in [0.1, 0.15) is 12.0 Å². The van der Waals surface area contributed by atoms with Crippen LogP contribution in [0.2, 0.25) is 0 Å². The summed E-state index contributed by atoms with van der Waals surface area (Å²) >= 11 is 0. The lowest BCUT2D eigenvalue weighted by Gasteiger charge is -2.10. The lowest BCUT2D eigenvalue weighted by Crippen LogP contribution is -2.07. The highest BCUT2D eigenvalue weighted by Gasteiger charge is 2.03. The third kappa shape index (κ3) is 3.06. The van der Waals surface area contributed by atoms with Crippen LogP contribution in [0.4, 0.5) is 0 Å². The predicted molar refractivity (Wildman–Crippen MR) is 84.2 cm³/mol. The summed E-state index contributed by atoms with van der Waals surface area (Å²) in [6.45, 7) is 2.00. The molecule has 0 radical (unpaired) electrons. The molecule has 3 aromatic rings. The van der Waals surface area contributed by atoms with Gasteiger partial charge in [0.2, 0.25) is 0 Å². The summed E-state index contributed by atoms with van der Waals surface area (Å²) in [6, 6.07) is 16.1. The van der Waals surface area contributed by atoms with Gasteiger partial charge in [-0.05, 0) is 12.1 Å². The van der Waals surface area contributed by atoms with E-state index in [0.717, 1.165) is 24.3 Å². The third-order valence-corrected chi connectivity index (χ3v) is 3.52. The maximum absolute atomic E-state index is 5.82. The minimum absolute atomic E-state index is 0.500. The molecule has 1 aromatic heterocycles. The van der Waals surface area contributed by atoms with Crippen molar-refractivity contribution in [3.8, 4) is 5.75 Å². The second-order valence-corrected chi connectivity index (χ2v) is 4.94. The van der Waals surface area contributed by atoms with E-state index in [1.54, 1.807) is 0 Å². The second kappa shape index (κ2) is 6.41. The second-order valence-electron chi connectivity index (χ2n) is 4.94. The van der Waals surface area contributed by atoms with Crippen molar-refractivity contribution in [2.24, 2.45) is 5.73 Å². The number of para-hydroxylation sites is 2. The Kier molecular flexibility index (Phi) is 4.17. The van der Waals surface area contributed by atoms with Gasteiger partial charge in [-0.2, -0.15) is 5.10 Å². The highest BCUT2D eigenvalue weighted by Crippen LogP contribution is 2.17. The van der Waals surface area contributed by atoms with Gasteiger partial charge in [0, 0.05) is 30.5 Å². The first kappa shape index (κ1) is 13.6. The molecule has 0 spiro atoms. The summed E-state index contributed by atoms with van der Waals surface area (Å²) in [6.07, 6.45) is 2.81. The number of nitrogens with two attached hydrogens (primary N) is 1. The van der Waals surface area contributed by atoms with Crippen molar-refractivity contribution in [2.45, 2.75) is 19.5 Å². The van der Waals surface area contributed by atoms with Crippen LogP contribution in [0, 0.1) is 0 Å². The van der Waals surface area contributed by atoms with Crippen LogP contribution < -0.4 is 10.5 Å². The van der Waals surface area contributed by atoms with Crippen LogP contribution >= 0.6 is 0 Å². The molecule has 0 aliphatic heterocycles. The van der Waals surface area contributed by atoms with Crippen molar-refractivity contribution in [2.75, 3.05) is 6.61 Å². The van der Waals surface area contributed by atoms with E-state index >= 15 is 0 Å². The summed E-state index contributed by atoms with van der Waals surface area (Å²) < 4.78 is 7.84. The predicted octanol–water partition coefficient (Wildman–Crippen LogP) is 2.96. The average Bonchev–Trinajstić information content (AvgIpc) is 2.95. The number of aryl methyl sites for hydroxylation is 1. The Labute approximate surface area is 124 Å². The molecule has 0 bridgehead atoms. The van der Waals surface area contributed by atoms with Gasteiger partial charge >= 0.3 is 0 Å². The molecule has 0 aliphatic carbocycles. The van der Waals surface area contributed by atoms with Crippen molar-refractivity contribution >= 4 is 10.9 Å². The quantitative estimate of drug-likeness (QED) is 0.707. The molecule has 4 heteroatoms. The first-order valence-corrected chi connectivity index (χ1v) is 7.20. The van der Waals surface area contributed by atoms with Crippen LogP contribution in [0.15, 0.2) is 54.7 Å². The van der Waals surface area contributed by atoms with Crippen molar-refractivity contribution in [1.29, 1.82) is 0 Å². The molecule has 4 nitrogen and oxygen atoms in total. The van der Waals surface area contributed by atoms with E-state index in [1.165, 1.54) is 10.9 Å². The van der Waals surface area contributed by atoms with E-state index < -0.39 is 0 Å². The molecule has 0 amide bonds. The molecule has 3 rings (SSSR count). The Morgan fingerprint density at radius 2 is 1.86 bits per heavy atom. The topological polar surface area (TPSA) is 53.1 Å². The molecule has 0 unspecified atom stereocenters. The molecule has 0 saturated heterocycles. The molecule has 2 aromatic carbocycles. The molecule has 0 aliphatic rings. The fourth-order valence-electron chi connectivity index (χ4n) is 2.41. The average molecular weight is 281 g/mol. The SMILES string of the molecule is NCc1ccccc1OCCCn1ncc2ccccc21. The Hall–Kier alpha value is -2.33. The zero-order chi connectivity index (χ0) is 14.5. The summed E-state index contributed by atoms with van der Waals surface area (Å²) in [5.74, 6) is 0.880. The Bertz CT molecular complexity index is 721. The van der Waals surface area contributed by atoms with Gasteiger partial charge in [-0.3, -0.25) is 4.68 Å². The van der Waals surface area contributed by atoms with E-state index in [9.17, 15) is 0 Å². The van der Waals surface area contributed by atoms with E-state index in [4.69, 9.17) is 10.5 Å². The number of ether oxygens (including phenoxy) is 1. The smallest absolute Gasteiger partial charge is 0.123 e. The number of benzene rings is 2. The highest BCUT2D eigenvalue weighted by atomic mass is 16.5. The number of aromatic nitrogens is 2. The van der Waals surface area contributed by atoms with Gasteiger partial charge in [0.05, 0.1) is 18.3 Å². The third-order valence-electron chi connectivity index (χ3n) is 3.52. The Morgan fingerprint density at radius 3 is 2.76 bits per heavy atom.